The number of carbonyl (C=O) groups is 1. The Morgan fingerprint density at radius 1 is 1.07 bits per heavy atom. The Morgan fingerprint density at radius 3 is 2.52 bits per heavy atom. The molecule has 27 heavy (non-hydrogen) atoms. The van der Waals surface area contributed by atoms with E-state index in [0.717, 1.165) is 16.8 Å². The monoisotopic (exact) mass is 364 g/mol. The molecule has 0 fully saturated rings. The van der Waals surface area contributed by atoms with Gasteiger partial charge in [0.15, 0.2) is 5.82 Å². The van der Waals surface area contributed by atoms with Crippen molar-refractivity contribution in [2.24, 2.45) is 0 Å². The molecule has 0 aliphatic carbocycles. The smallest absolute Gasteiger partial charge is 0.321 e. The van der Waals surface area contributed by atoms with Crippen molar-refractivity contribution < 1.29 is 9.32 Å². The molecule has 1 N–H and O–H groups in total. The maximum absolute atomic E-state index is 12.3. The summed E-state index contributed by atoms with van der Waals surface area (Å²) in [6.07, 6.45) is 0.520. The van der Waals surface area contributed by atoms with Crippen molar-refractivity contribution >= 4 is 11.7 Å². The van der Waals surface area contributed by atoms with Gasteiger partial charge in [0.05, 0.1) is 0 Å². The first-order valence-corrected chi connectivity index (χ1v) is 8.91. The summed E-state index contributed by atoms with van der Waals surface area (Å²) in [4.78, 5) is 18.4. The van der Waals surface area contributed by atoms with E-state index in [1.54, 1.807) is 11.9 Å². The average Bonchev–Trinajstić information content (AvgIpc) is 3.12. The van der Waals surface area contributed by atoms with Crippen molar-refractivity contribution in [3.05, 3.63) is 65.0 Å². The first-order chi connectivity index (χ1) is 12.9. The van der Waals surface area contributed by atoms with E-state index in [2.05, 4.69) is 15.5 Å². The minimum atomic E-state index is -0.166. The first-order valence-electron chi connectivity index (χ1n) is 8.91. The van der Waals surface area contributed by atoms with E-state index < -0.39 is 0 Å². The third-order valence-electron chi connectivity index (χ3n) is 4.54. The van der Waals surface area contributed by atoms with E-state index in [0.29, 0.717) is 24.7 Å². The fourth-order valence-electron chi connectivity index (χ4n) is 2.58. The van der Waals surface area contributed by atoms with E-state index in [1.807, 2.05) is 63.2 Å². The minimum absolute atomic E-state index is 0.166. The third kappa shape index (κ3) is 4.73. The van der Waals surface area contributed by atoms with Gasteiger partial charge in [-0.25, -0.2) is 4.79 Å². The van der Waals surface area contributed by atoms with Crippen LogP contribution in [-0.2, 0) is 6.42 Å². The predicted molar refractivity (Wildman–Crippen MR) is 106 cm³/mol. The number of amides is 2. The molecule has 3 aromatic rings. The summed E-state index contributed by atoms with van der Waals surface area (Å²) in [6.45, 7) is 6.59. The van der Waals surface area contributed by atoms with Crippen molar-refractivity contribution in [2.45, 2.75) is 27.2 Å². The Balaban J connectivity index is 1.55. The van der Waals surface area contributed by atoms with Crippen LogP contribution in [0.4, 0.5) is 10.5 Å². The Bertz CT molecular complexity index is 932. The van der Waals surface area contributed by atoms with Crippen molar-refractivity contribution in [3.8, 4) is 11.5 Å². The van der Waals surface area contributed by atoms with Crippen molar-refractivity contribution in [2.75, 3.05) is 18.9 Å². The molecule has 6 heteroatoms. The highest BCUT2D eigenvalue weighted by Crippen LogP contribution is 2.18. The highest BCUT2D eigenvalue weighted by molar-refractivity contribution is 5.89. The lowest BCUT2D eigenvalue weighted by atomic mass is 10.1. The highest BCUT2D eigenvalue weighted by Gasteiger charge is 2.13. The summed E-state index contributed by atoms with van der Waals surface area (Å²) in [5.74, 6) is 1.07. The van der Waals surface area contributed by atoms with Crippen LogP contribution < -0.4 is 5.32 Å². The van der Waals surface area contributed by atoms with Gasteiger partial charge >= 0.3 is 6.03 Å². The Hall–Kier alpha value is -3.15. The van der Waals surface area contributed by atoms with Crippen LogP contribution in [-0.4, -0.2) is 34.7 Å². The molecule has 0 radical (unpaired) electrons. The standard InChI is InChI=1S/C21H24N4O2/c1-14-5-8-17(9-6-14)20-23-19(24-27-20)11-12-25(4)21(26)22-18-10-7-15(2)16(3)13-18/h5-10,13H,11-12H2,1-4H3,(H,22,26). The second kappa shape index (κ2) is 8.03. The lowest BCUT2D eigenvalue weighted by Crippen LogP contribution is -2.33. The number of hydrogen-bond donors (Lipinski definition) is 1. The van der Waals surface area contributed by atoms with Gasteiger partial charge in [-0.15, -0.1) is 0 Å². The molecule has 0 spiro atoms. The van der Waals surface area contributed by atoms with E-state index in [9.17, 15) is 4.79 Å². The van der Waals surface area contributed by atoms with Crippen molar-refractivity contribution in [3.63, 3.8) is 0 Å². The van der Waals surface area contributed by atoms with Crippen LogP contribution in [0.3, 0.4) is 0 Å². The molecule has 6 nitrogen and oxygen atoms in total. The molecule has 0 unspecified atom stereocenters. The molecule has 0 aliphatic rings. The van der Waals surface area contributed by atoms with Crippen molar-refractivity contribution in [1.82, 2.24) is 15.0 Å². The molecule has 140 valence electrons. The van der Waals surface area contributed by atoms with Gasteiger partial charge in [-0.3, -0.25) is 0 Å². The minimum Gasteiger partial charge on any atom is -0.334 e. The first kappa shape index (κ1) is 18.6. The number of nitrogens with one attached hydrogen (secondary N) is 1. The zero-order chi connectivity index (χ0) is 19.4. The summed E-state index contributed by atoms with van der Waals surface area (Å²) in [5.41, 5.74) is 5.19. The zero-order valence-electron chi connectivity index (χ0n) is 16.1. The number of benzene rings is 2. The molecular formula is C21H24N4O2. The lowest BCUT2D eigenvalue weighted by Gasteiger charge is -2.17. The van der Waals surface area contributed by atoms with E-state index in [-0.39, 0.29) is 6.03 Å². The molecule has 0 aliphatic heterocycles. The number of urea groups is 1. The van der Waals surface area contributed by atoms with Crippen LogP contribution in [0.15, 0.2) is 47.0 Å². The number of hydrogen-bond acceptors (Lipinski definition) is 4. The molecule has 2 amide bonds. The van der Waals surface area contributed by atoms with Crippen LogP contribution in [0.5, 0.6) is 0 Å². The summed E-state index contributed by atoms with van der Waals surface area (Å²) >= 11 is 0. The number of rotatable bonds is 5. The summed E-state index contributed by atoms with van der Waals surface area (Å²) < 4.78 is 5.32. The SMILES string of the molecule is Cc1ccc(-c2nc(CCN(C)C(=O)Nc3ccc(C)c(C)c3)no2)cc1. The number of carbonyl (C=O) groups excluding carboxylic acids is 1. The van der Waals surface area contributed by atoms with Crippen LogP contribution in [0.2, 0.25) is 0 Å². The number of aromatic nitrogens is 2. The average molecular weight is 364 g/mol. The lowest BCUT2D eigenvalue weighted by molar-refractivity contribution is 0.222. The number of likely N-dealkylation sites (N-methyl/N-ethyl adjacent to an activating group) is 1. The highest BCUT2D eigenvalue weighted by atomic mass is 16.5. The van der Waals surface area contributed by atoms with Gasteiger partial charge in [0, 0.05) is 31.3 Å². The summed E-state index contributed by atoms with van der Waals surface area (Å²) in [5, 5.41) is 6.91. The van der Waals surface area contributed by atoms with Gasteiger partial charge in [0.2, 0.25) is 0 Å². The summed E-state index contributed by atoms with van der Waals surface area (Å²) in [6, 6.07) is 13.6. The molecule has 2 aromatic carbocycles. The van der Waals surface area contributed by atoms with E-state index in [4.69, 9.17) is 4.52 Å². The van der Waals surface area contributed by atoms with Gasteiger partial charge < -0.3 is 14.7 Å². The van der Waals surface area contributed by atoms with Gasteiger partial charge in [-0.05, 0) is 56.2 Å². The molecule has 0 bridgehead atoms. The van der Waals surface area contributed by atoms with Crippen LogP contribution >= 0.6 is 0 Å². The maximum Gasteiger partial charge on any atom is 0.321 e. The van der Waals surface area contributed by atoms with Crippen LogP contribution in [0, 0.1) is 20.8 Å². The zero-order valence-corrected chi connectivity index (χ0v) is 16.1. The molecular weight excluding hydrogens is 340 g/mol. The number of anilines is 1. The van der Waals surface area contributed by atoms with Crippen LogP contribution in [0.25, 0.3) is 11.5 Å². The van der Waals surface area contributed by atoms with Gasteiger partial charge in [0.1, 0.15) is 0 Å². The van der Waals surface area contributed by atoms with Crippen molar-refractivity contribution in [1.29, 1.82) is 0 Å². The topological polar surface area (TPSA) is 71.3 Å². The third-order valence-corrected chi connectivity index (χ3v) is 4.54. The molecule has 3 rings (SSSR count). The predicted octanol–water partition coefficient (Wildman–Crippen LogP) is 4.37. The maximum atomic E-state index is 12.3. The Kier molecular flexibility index (Phi) is 5.54. The fourth-order valence-corrected chi connectivity index (χ4v) is 2.58. The molecule has 1 aromatic heterocycles. The second-order valence-electron chi connectivity index (χ2n) is 6.78. The number of aryl methyl sites for hydroxylation is 3. The fraction of sp³-hybridized carbons (Fsp3) is 0.286. The van der Waals surface area contributed by atoms with E-state index in [1.165, 1.54) is 11.1 Å². The number of nitrogens with zero attached hydrogens (tertiary/aromatic N) is 3. The van der Waals surface area contributed by atoms with Gasteiger partial charge in [-0.1, -0.05) is 28.9 Å². The van der Waals surface area contributed by atoms with E-state index >= 15 is 0 Å². The van der Waals surface area contributed by atoms with Gasteiger partial charge in [-0.2, -0.15) is 4.98 Å². The second-order valence-corrected chi connectivity index (χ2v) is 6.78. The largest absolute Gasteiger partial charge is 0.334 e. The quantitative estimate of drug-likeness (QED) is 0.730. The normalized spacial score (nSPS) is 10.7. The van der Waals surface area contributed by atoms with Gasteiger partial charge in [0.25, 0.3) is 5.89 Å². The molecule has 0 atom stereocenters. The molecule has 1 heterocycles. The molecule has 0 saturated carbocycles. The van der Waals surface area contributed by atoms with Crippen LogP contribution in [0.1, 0.15) is 22.5 Å². The Labute approximate surface area is 159 Å². The molecule has 0 saturated heterocycles. The summed E-state index contributed by atoms with van der Waals surface area (Å²) in [7, 11) is 1.75. The Morgan fingerprint density at radius 2 is 1.81 bits per heavy atom.